The van der Waals surface area contributed by atoms with Gasteiger partial charge in [0.05, 0.1) is 28.5 Å². The maximum Gasteiger partial charge on any atom is 0.387 e. The van der Waals surface area contributed by atoms with Crippen LogP contribution in [0.4, 0.5) is 11.5 Å². The summed E-state index contributed by atoms with van der Waals surface area (Å²) in [5.41, 5.74) is 2.36. The summed E-state index contributed by atoms with van der Waals surface area (Å²) >= 11 is 6.49. The molecule has 0 saturated carbocycles. The van der Waals surface area contributed by atoms with E-state index in [4.69, 9.17) is 16.3 Å². The molecule has 0 atom stereocenters. The quantitative estimate of drug-likeness (QED) is 0.307. The largest absolute Gasteiger partial charge is 0.387 e. The molecule has 0 radical (unpaired) electrons. The topological polar surface area (TPSA) is 101 Å². The minimum Gasteiger partial charge on any atom is -0.378 e. The molecule has 2 aromatic rings. The fourth-order valence-electron chi connectivity index (χ4n) is 3.87. The number of morpholine rings is 1. The normalized spacial score (nSPS) is 14.5. The highest BCUT2D eigenvalue weighted by Crippen LogP contribution is 2.34. The van der Waals surface area contributed by atoms with Crippen LogP contribution in [0.25, 0.3) is 28.0 Å². The van der Waals surface area contributed by atoms with Crippen LogP contribution in [0.3, 0.4) is 0 Å². The molecule has 30 heavy (non-hydrogen) atoms. The number of benzene rings is 1. The summed E-state index contributed by atoms with van der Waals surface area (Å²) in [6, 6.07) is 9.27. The Morgan fingerprint density at radius 3 is 2.80 bits per heavy atom. The number of aromatic amines is 1. The summed E-state index contributed by atoms with van der Waals surface area (Å²) in [6.07, 6.45) is 1.76. The number of halogens is 1. The third-order valence-electron chi connectivity index (χ3n) is 5.28. The van der Waals surface area contributed by atoms with E-state index < -0.39 is 4.92 Å². The number of aryl methyl sites for hydroxylation is 1. The van der Waals surface area contributed by atoms with Crippen molar-refractivity contribution in [2.24, 2.45) is 0 Å². The van der Waals surface area contributed by atoms with Gasteiger partial charge in [0.15, 0.2) is 11.4 Å². The third-order valence-corrected chi connectivity index (χ3v) is 5.61. The van der Waals surface area contributed by atoms with Gasteiger partial charge in [-0.1, -0.05) is 33.5 Å². The monoisotopic (exact) mass is 425 g/mol. The number of fused-ring (bicyclic) bond motifs is 2. The zero-order valence-electron chi connectivity index (χ0n) is 16.1. The molecule has 4 heterocycles. The maximum absolute atomic E-state index is 11.7. The molecule has 5 rings (SSSR count). The fraction of sp³-hybridized carbons (Fsp3) is 0.250. The number of H-pyrrole nitrogens is 1. The SMILES string of the molecule is Cc1n[n+]2c(-c3ccccc3Cl)c3cnc(N4CCOCC4)cc3[nH]c-2c1[N+](=O)[O-]. The van der Waals surface area contributed by atoms with Crippen LogP contribution < -0.4 is 9.58 Å². The molecule has 3 aliphatic heterocycles. The first kappa shape index (κ1) is 18.7. The number of anilines is 1. The van der Waals surface area contributed by atoms with E-state index in [1.165, 1.54) is 0 Å². The van der Waals surface area contributed by atoms with Crippen molar-refractivity contribution in [2.75, 3.05) is 31.2 Å². The van der Waals surface area contributed by atoms with Crippen molar-refractivity contribution in [3.05, 3.63) is 57.4 Å². The third kappa shape index (κ3) is 2.94. The molecule has 3 aliphatic rings. The van der Waals surface area contributed by atoms with Crippen LogP contribution in [0, 0.1) is 17.0 Å². The molecule has 1 aromatic carbocycles. The second kappa shape index (κ2) is 7.19. The lowest BCUT2D eigenvalue weighted by molar-refractivity contribution is -0.649. The summed E-state index contributed by atoms with van der Waals surface area (Å²) in [5.74, 6) is 1.09. The molecule has 10 heteroatoms. The highest BCUT2D eigenvalue weighted by atomic mass is 35.5. The molecular weight excluding hydrogens is 408 g/mol. The minimum absolute atomic E-state index is 0.0602. The van der Waals surface area contributed by atoms with Crippen molar-refractivity contribution >= 4 is 34.0 Å². The molecule has 1 aromatic heterocycles. The summed E-state index contributed by atoms with van der Waals surface area (Å²) in [4.78, 5) is 21.3. The van der Waals surface area contributed by atoms with Crippen LogP contribution in [0.2, 0.25) is 5.02 Å². The molecule has 152 valence electrons. The molecule has 1 fully saturated rings. The Morgan fingerprint density at radius 2 is 2.07 bits per heavy atom. The first-order valence-corrected chi connectivity index (χ1v) is 9.89. The van der Waals surface area contributed by atoms with E-state index in [2.05, 4.69) is 20.0 Å². The molecule has 0 aliphatic carbocycles. The van der Waals surface area contributed by atoms with Crippen LogP contribution in [0.5, 0.6) is 0 Å². The van der Waals surface area contributed by atoms with Gasteiger partial charge in [-0.25, -0.2) is 9.97 Å². The summed E-state index contributed by atoms with van der Waals surface area (Å²) < 4.78 is 6.97. The number of ether oxygens (including phenoxy) is 1. The highest BCUT2D eigenvalue weighted by Gasteiger charge is 2.37. The summed E-state index contributed by atoms with van der Waals surface area (Å²) in [5, 5.41) is 17.5. The molecule has 1 saturated heterocycles. The minimum atomic E-state index is -0.416. The standard InChI is InChI=1S/C20H17ClN6O3/c1-12-18(27(28)29)20-23-16-10-17(25-6-8-30-9-7-25)22-11-14(16)19(26(20)24-12)13-4-2-3-5-15(13)21/h2-5,10-11H,6-9H2,1H3/p+1. The van der Waals surface area contributed by atoms with Crippen molar-refractivity contribution in [1.29, 1.82) is 0 Å². The van der Waals surface area contributed by atoms with Gasteiger partial charge in [-0.2, -0.15) is 0 Å². The van der Waals surface area contributed by atoms with E-state index in [1.54, 1.807) is 23.9 Å². The van der Waals surface area contributed by atoms with Gasteiger partial charge in [0.25, 0.3) is 0 Å². The first-order chi connectivity index (χ1) is 14.5. The smallest absolute Gasteiger partial charge is 0.378 e. The van der Waals surface area contributed by atoms with E-state index in [1.807, 2.05) is 24.3 Å². The predicted octanol–water partition coefficient (Wildman–Crippen LogP) is 3.05. The van der Waals surface area contributed by atoms with Crippen molar-refractivity contribution in [3.63, 3.8) is 0 Å². The Labute approximate surface area is 176 Å². The van der Waals surface area contributed by atoms with Crippen LogP contribution in [0.1, 0.15) is 5.69 Å². The van der Waals surface area contributed by atoms with Crippen molar-refractivity contribution in [3.8, 4) is 17.1 Å². The zero-order chi connectivity index (χ0) is 20.8. The van der Waals surface area contributed by atoms with E-state index in [-0.39, 0.29) is 5.69 Å². The number of pyridine rings is 1. The maximum atomic E-state index is 11.7. The van der Waals surface area contributed by atoms with Crippen molar-refractivity contribution < 1.29 is 14.3 Å². The molecule has 0 amide bonds. The molecule has 0 bridgehead atoms. The van der Waals surface area contributed by atoms with E-state index in [9.17, 15) is 10.1 Å². The molecule has 0 unspecified atom stereocenters. The number of nitrogens with one attached hydrogen (secondary N) is 1. The Morgan fingerprint density at radius 1 is 1.30 bits per heavy atom. The summed E-state index contributed by atoms with van der Waals surface area (Å²) in [6.45, 7) is 4.38. The Bertz CT molecular complexity index is 1250. The molecule has 0 spiro atoms. The lowest BCUT2D eigenvalue weighted by Gasteiger charge is -2.27. The van der Waals surface area contributed by atoms with Crippen molar-refractivity contribution in [2.45, 2.75) is 6.92 Å². The van der Waals surface area contributed by atoms with Gasteiger partial charge in [0, 0.05) is 30.9 Å². The average Bonchev–Trinajstić information content (AvgIpc) is 3.08. The van der Waals surface area contributed by atoms with Gasteiger partial charge in [0.1, 0.15) is 11.3 Å². The molecule has 1 N–H and O–H groups in total. The van der Waals surface area contributed by atoms with Gasteiger partial charge in [-0.3, -0.25) is 10.1 Å². The second-order valence-electron chi connectivity index (χ2n) is 7.09. The fourth-order valence-corrected chi connectivity index (χ4v) is 4.09. The Hall–Kier alpha value is -3.30. The predicted molar refractivity (Wildman–Crippen MR) is 111 cm³/mol. The van der Waals surface area contributed by atoms with E-state index in [0.717, 1.165) is 35.4 Å². The Balaban J connectivity index is 1.83. The van der Waals surface area contributed by atoms with Gasteiger partial charge < -0.3 is 9.64 Å². The first-order valence-electron chi connectivity index (χ1n) is 9.51. The van der Waals surface area contributed by atoms with Crippen molar-refractivity contribution in [1.82, 2.24) is 15.1 Å². The van der Waals surface area contributed by atoms with Gasteiger partial charge in [-0.05, 0) is 19.1 Å². The average molecular weight is 426 g/mol. The number of hydrogen-bond acceptors (Lipinski definition) is 6. The van der Waals surface area contributed by atoms with Gasteiger partial charge >= 0.3 is 11.5 Å². The highest BCUT2D eigenvalue weighted by molar-refractivity contribution is 6.33. The number of nitro groups is 1. The lowest BCUT2D eigenvalue weighted by Crippen LogP contribution is -2.38. The number of hydrogen-bond donors (Lipinski definition) is 1. The van der Waals surface area contributed by atoms with E-state index in [0.29, 0.717) is 35.4 Å². The number of aromatic nitrogens is 4. The van der Waals surface area contributed by atoms with E-state index >= 15 is 0 Å². The van der Waals surface area contributed by atoms with Crippen LogP contribution in [-0.2, 0) is 4.74 Å². The van der Waals surface area contributed by atoms with Crippen LogP contribution >= 0.6 is 11.6 Å². The van der Waals surface area contributed by atoms with Gasteiger partial charge in [-0.15, -0.1) is 0 Å². The van der Waals surface area contributed by atoms with Crippen LogP contribution in [0.15, 0.2) is 36.5 Å². The molecular formula is C20H18ClN6O3+. The zero-order valence-corrected chi connectivity index (χ0v) is 16.9. The van der Waals surface area contributed by atoms with Gasteiger partial charge in [0.2, 0.25) is 0 Å². The lowest BCUT2D eigenvalue weighted by atomic mass is 10.1. The number of nitrogens with zero attached hydrogens (tertiary/aromatic N) is 5. The second-order valence-corrected chi connectivity index (χ2v) is 7.50. The Kier molecular flexibility index (Phi) is 4.48. The van der Waals surface area contributed by atoms with Crippen LogP contribution in [-0.4, -0.2) is 46.3 Å². The molecule has 9 nitrogen and oxygen atoms in total. The summed E-state index contributed by atoms with van der Waals surface area (Å²) in [7, 11) is 0. The number of rotatable bonds is 3.